The van der Waals surface area contributed by atoms with E-state index in [4.69, 9.17) is 4.74 Å². The SMILES string of the molecule is COc1cccc(S(=O)(=O)CCN2CC(C)CC2c2cccnc2)c1. The van der Waals surface area contributed by atoms with Crippen molar-refractivity contribution in [2.45, 2.75) is 24.3 Å². The van der Waals surface area contributed by atoms with Crippen molar-refractivity contribution in [2.24, 2.45) is 5.92 Å². The number of rotatable bonds is 6. The van der Waals surface area contributed by atoms with Crippen molar-refractivity contribution in [2.75, 3.05) is 26.0 Å². The molecule has 6 heteroatoms. The van der Waals surface area contributed by atoms with Crippen molar-refractivity contribution < 1.29 is 13.2 Å². The van der Waals surface area contributed by atoms with E-state index in [0.29, 0.717) is 23.1 Å². The molecule has 0 radical (unpaired) electrons. The topological polar surface area (TPSA) is 59.5 Å². The number of ether oxygens (including phenoxy) is 1. The molecule has 1 aliphatic rings. The average Bonchev–Trinajstić information content (AvgIpc) is 3.02. The Labute approximate surface area is 149 Å². The first-order valence-corrected chi connectivity index (χ1v) is 10.2. The third-order valence-electron chi connectivity index (χ3n) is 4.73. The summed E-state index contributed by atoms with van der Waals surface area (Å²) in [5.41, 5.74) is 1.16. The van der Waals surface area contributed by atoms with Gasteiger partial charge in [-0.15, -0.1) is 0 Å². The van der Waals surface area contributed by atoms with Crippen LogP contribution in [0.4, 0.5) is 0 Å². The molecular formula is C19H24N2O3S. The zero-order valence-corrected chi connectivity index (χ0v) is 15.4. The number of sulfone groups is 1. The van der Waals surface area contributed by atoms with Crippen molar-refractivity contribution in [3.8, 4) is 5.75 Å². The molecule has 2 aromatic rings. The van der Waals surface area contributed by atoms with Gasteiger partial charge in [0.05, 0.1) is 17.8 Å². The van der Waals surface area contributed by atoms with E-state index in [1.807, 2.05) is 12.3 Å². The van der Waals surface area contributed by atoms with E-state index in [-0.39, 0.29) is 11.8 Å². The molecule has 0 bridgehead atoms. The first kappa shape index (κ1) is 17.9. The van der Waals surface area contributed by atoms with Gasteiger partial charge in [0.15, 0.2) is 9.84 Å². The highest BCUT2D eigenvalue weighted by Gasteiger charge is 2.31. The van der Waals surface area contributed by atoms with Crippen LogP contribution in [0.3, 0.4) is 0 Å². The lowest BCUT2D eigenvalue weighted by atomic mass is 10.0. The number of likely N-dealkylation sites (tertiary alicyclic amines) is 1. The Morgan fingerprint density at radius 2 is 2.12 bits per heavy atom. The summed E-state index contributed by atoms with van der Waals surface area (Å²) in [5.74, 6) is 1.21. The molecule has 5 nitrogen and oxygen atoms in total. The first-order chi connectivity index (χ1) is 12.0. The van der Waals surface area contributed by atoms with E-state index in [0.717, 1.165) is 18.5 Å². The van der Waals surface area contributed by atoms with Crippen LogP contribution in [-0.4, -0.2) is 44.3 Å². The van der Waals surface area contributed by atoms with Gasteiger partial charge in [-0.05, 0) is 42.2 Å². The van der Waals surface area contributed by atoms with Gasteiger partial charge in [-0.2, -0.15) is 0 Å². The van der Waals surface area contributed by atoms with Crippen molar-refractivity contribution in [3.05, 3.63) is 54.4 Å². The monoisotopic (exact) mass is 360 g/mol. The number of hydrogen-bond donors (Lipinski definition) is 0. The molecule has 1 aromatic heterocycles. The van der Waals surface area contributed by atoms with Gasteiger partial charge in [0.25, 0.3) is 0 Å². The Morgan fingerprint density at radius 1 is 1.28 bits per heavy atom. The molecule has 1 aromatic carbocycles. The summed E-state index contributed by atoms with van der Waals surface area (Å²) in [6, 6.07) is 10.9. The van der Waals surface area contributed by atoms with Gasteiger partial charge in [-0.25, -0.2) is 8.42 Å². The molecule has 2 atom stereocenters. The molecule has 2 heterocycles. The van der Waals surface area contributed by atoms with Crippen molar-refractivity contribution in [1.82, 2.24) is 9.88 Å². The summed E-state index contributed by atoms with van der Waals surface area (Å²) in [6.45, 7) is 3.64. The Balaban J connectivity index is 1.72. The fraction of sp³-hybridized carbons (Fsp3) is 0.421. The van der Waals surface area contributed by atoms with Crippen molar-refractivity contribution >= 4 is 9.84 Å². The number of nitrogens with zero attached hydrogens (tertiary/aromatic N) is 2. The van der Waals surface area contributed by atoms with E-state index in [2.05, 4.69) is 22.9 Å². The standard InChI is InChI=1S/C19H24N2O3S/c1-15-11-19(16-5-4-8-20-13-16)21(14-15)9-10-25(22,23)18-7-3-6-17(12-18)24-2/h3-8,12-13,15,19H,9-11,14H2,1-2H3. The van der Waals surface area contributed by atoms with E-state index in [9.17, 15) is 8.42 Å². The van der Waals surface area contributed by atoms with Gasteiger partial charge < -0.3 is 4.74 Å². The molecule has 0 N–H and O–H groups in total. The van der Waals surface area contributed by atoms with Crippen LogP contribution in [-0.2, 0) is 9.84 Å². The molecule has 1 aliphatic heterocycles. The third-order valence-corrected chi connectivity index (χ3v) is 6.42. The average molecular weight is 360 g/mol. The van der Waals surface area contributed by atoms with Crippen LogP contribution in [0.2, 0.25) is 0 Å². The number of benzene rings is 1. The maximum absolute atomic E-state index is 12.7. The van der Waals surface area contributed by atoms with E-state index in [1.54, 1.807) is 30.5 Å². The highest BCUT2D eigenvalue weighted by atomic mass is 32.2. The minimum absolute atomic E-state index is 0.101. The largest absolute Gasteiger partial charge is 0.497 e. The Hall–Kier alpha value is -1.92. The van der Waals surface area contributed by atoms with Gasteiger partial charge in [0.2, 0.25) is 0 Å². The van der Waals surface area contributed by atoms with Gasteiger partial charge in [0.1, 0.15) is 5.75 Å². The molecule has 1 fully saturated rings. The Bertz CT molecular complexity index is 808. The summed E-state index contributed by atoms with van der Waals surface area (Å²) in [4.78, 5) is 6.79. The zero-order chi connectivity index (χ0) is 17.9. The third kappa shape index (κ3) is 4.19. The van der Waals surface area contributed by atoms with E-state index >= 15 is 0 Å². The van der Waals surface area contributed by atoms with Crippen molar-refractivity contribution in [1.29, 1.82) is 0 Å². The van der Waals surface area contributed by atoms with Gasteiger partial charge in [-0.3, -0.25) is 9.88 Å². The van der Waals surface area contributed by atoms with Crippen LogP contribution in [0.25, 0.3) is 0 Å². The number of aromatic nitrogens is 1. The molecule has 0 amide bonds. The van der Waals surface area contributed by atoms with E-state index < -0.39 is 9.84 Å². The van der Waals surface area contributed by atoms with Crippen LogP contribution in [0.15, 0.2) is 53.7 Å². The molecule has 1 saturated heterocycles. The second-order valence-electron chi connectivity index (χ2n) is 6.64. The molecule has 0 saturated carbocycles. The lowest BCUT2D eigenvalue weighted by Gasteiger charge is -2.24. The predicted octanol–water partition coefficient (Wildman–Crippen LogP) is 2.95. The Morgan fingerprint density at radius 3 is 2.84 bits per heavy atom. The quantitative estimate of drug-likeness (QED) is 0.793. The van der Waals surface area contributed by atoms with Gasteiger partial charge in [0, 0.05) is 31.5 Å². The lowest BCUT2D eigenvalue weighted by molar-refractivity contribution is 0.269. The summed E-state index contributed by atoms with van der Waals surface area (Å²) in [5, 5.41) is 0. The Kier molecular flexibility index (Phi) is 5.39. The maximum Gasteiger partial charge on any atom is 0.179 e. The normalized spacial score (nSPS) is 21.4. The molecule has 134 valence electrons. The van der Waals surface area contributed by atoms with E-state index in [1.165, 1.54) is 7.11 Å². The number of pyridine rings is 1. The highest BCUT2D eigenvalue weighted by molar-refractivity contribution is 7.91. The number of methoxy groups -OCH3 is 1. The summed E-state index contributed by atoms with van der Waals surface area (Å²) in [6.07, 6.45) is 4.68. The van der Waals surface area contributed by atoms with Gasteiger partial charge >= 0.3 is 0 Å². The summed E-state index contributed by atoms with van der Waals surface area (Å²) in [7, 11) is -1.80. The molecule has 25 heavy (non-hydrogen) atoms. The number of hydrogen-bond acceptors (Lipinski definition) is 5. The van der Waals surface area contributed by atoms with Gasteiger partial charge in [-0.1, -0.05) is 19.1 Å². The molecule has 0 spiro atoms. The molecule has 2 unspecified atom stereocenters. The first-order valence-electron chi connectivity index (χ1n) is 8.50. The minimum atomic E-state index is -3.34. The molecule has 0 aliphatic carbocycles. The second-order valence-corrected chi connectivity index (χ2v) is 8.74. The smallest absolute Gasteiger partial charge is 0.179 e. The fourth-order valence-electron chi connectivity index (χ4n) is 3.45. The summed E-state index contributed by atoms with van der Waals surface area (Å²) >= 11 is 0. The fourth-order valence-corrected chi connectivity index (χ4v) is 4.74. The minimum Gasteiger partial charge on any atom is -0.497 e. The summed E-state index contributed by atoms with van der Waals surface area (Å²) < 4.78 is 30.5. The van der Waals surface area contributed by atoms with Crippen LogP contribution in [0.5, 0.6) is 5.75 Å². The predicted molar refractivity (Wildman–Crippen MR) is 97.4 cm³/mol. The maximum atomic E-state index is 12.7. The zero-order valence-electron chi connectivity index (χ0n) is 14.6. The second kappa shape index (κ2) is 7.54. The van der Waals surface area contributed by atoms with Crippen LogP contribution in [0, 0.1) is 5.92 Å². The van der Waals surface area contributed by atoms with Crippen LogP contribution in [0.1, 0.15) is 24.9 Å². The van der Waals surface area contributed by atoms with Crippen molar-refractivity contribution in [3.63, 3.8) is 0 Å². The van der Waals surface area contributed by atoms with Crippen LogP contribution >= 0.6 is 0 Å². The molecule has 3 rings (SSSR count). The lowest BCUT2D eigenvalue weighted by Crippen LogP contribution is -2.29. The highest BCUT2D eigenvalue weighted by Crippen LogP contribution is 2.34. The van der Waals surface area contributed by atoms with Crippen LogP contribution < -0.4 is 4.74 Å². The molecular weight excluding hydrogens is 336 g/mol.